The molecule has 0 heterocycles. The first kappa shape index (κ1) is 27.5. The van der Waals surface area contributed by atoms with E-state index in [0.717, 1.165) is 0 Å². The van der Waals surface area contributed by atoms with Gasteiger partial charge in [0.25, 0.3) is 5.91 Å². The topological polar surface area (TPSA) is 47.6 Å². The van der Waals surface area contributed by atoms with Crippen LogP contribution in [0, 0.1) is 0 Å². The van der Waals surface area contributed by atoms with Gasteiger partial charge >= 0.3 is 36.4 Å². The Kier molecular flexibility index (Phi) is 6.97. The molecule has 0 aliphatic heterocycles. The summed E-state index contributed by atoms with van der Waals surface area (Å²) >= 11 is 0. The number of methoxy groups -OCH3 is 1. The van der Waals surface area contributed by atoms with Crippen molar-refractivity contribution in [2.24, 2.45) is 0 Å². The third-order valence-corrected chi connectivity index (χ3v) is 3.42. The zero-order valence-electron chi connectivity index (χ0n) is 14.7. The van der Waals surface area contributed by atoms with E-state index in [0.29, 0.717) is 18.5 Å². The highest BCUT2D eigenvalue weighted by Gasteiger charge is 2.79. The van der Waals surface area contributed by atoms with Crippen molar-refractivity contribution >= 4 is 11.6 Å². The Bertz CT molecular complexity index is 845. The van der Waals surface area contributed by atoms with Gasteiger partial charge in [0.05, 0.1) is 18.4 Å². The van der Waals surface area contributed by atoms with E-state index in [1.54, 1.807) is 0 Å². The summed E-state index contributed by atoms with van der Waals surface area (Å²) in [4.78, 5) is 11.6. The molecule has 32 heavy (non-hydrogen) atoms. The van der Waals surface area contributed by atoms with E-state index in [-0.39, 0.29) is 12.1 Å². The average Bonchev–Trinajstić information content (AvgIpc) is 2.58. The molecule has 0 spiro atoms. The first-order chi connectivity index (χ1) is 14.0. The fraction of sp³-hybridized carbons (Fsp3) is 0.500. The molecule has 0 fully saturated rings. The summed E-state index contributed by atoms with van der Waals surface area (Å²) in [5, 5.41) is 0.690. The molecule has 0 aromatic heterocycles. The van der Waals surface area contributed by atoms with Gasteiger partial charge in [0.1, 0.15) is 5.75 Å². The number of carbonyl (C=O) groups excluding carboxylic acids is 1. The number of alkyl halides is 14. The molecule has 0 aliphatic carbocycles. The number of benzene rings is 1. The van der Waals surface area contributed by atoms with Gasteiger partial charge in [-0.05, 0) is 18.2 Å². The molecular formula is C14H7F14NO3. The second-order valence-electron chi connectivity index (χ2n) is 5.65. The lowest BCUT2D eigenvalue weighted by Crippen LogP contribution is -2.62. The summed E-state index contributed by atoms with van der Waals surface area (Å²) in [6, 6.07) is 0.463. The normalized spacial score (nSPS) is 15.8. The van der Waals surface area contributed by atoms with Crippen LogP contribution in [0.1, 0.15) is 5.56 Å². The van der Waals surface area contributed by atoms with Gasteiger partial charge in [0, 0.05) is 0 Å². The van der Waals surface area contributed by atoms with Gasteiger partial charge in [-0.1, -0.05) is 0 Å². The van der Waals surface area contributed by atoms with Gasteiger partial charge in [0.15, 0.2) is 0 Å². The van der Waals surface area contributed by atoms with E-state index in [1.165, 1.54) is 0 Å². The summed E-state index contributed by atoms with van der Waals surface area (Å²) in [6.07, 6.45) is -26.8. The predicted molar refractivity (Wildman–Crippen MR) is 73.6 cm³/mol. The lowest BCUT2D eigenvalue weighted by atomic mass is 10.1. The van der Waals surface area contributed by atoms with Crippen LogP contribution in [0.15, 0.2) is 18.2 Å². The van der Waals surface area contributed by atoms with E-state index < -0.39 is 59.3 Å². The minimum Gasteiger partial charge on any atom is -0.495 e. The highest BCUT2D eigenvalue weighted by Crippen LogP contribution is 2.51. The SMILES string of the molecule is COc1ccc(C(F)(F)F)cc1NC(=O)C(F)(OC(F)(F)C(F)(F)C(F)(F)F)C(F)(F)F. The molecule has 0 saturated heterocycles. The van der Waals surface area contributed by atoms with Crippen LogP contribution in [0.3, 0.4) is 0 Å². The second kappa shape index (κ2) is 8.11. The van der Waals surface area contributed by atoms with Crippen molar-refractivity contribution in [1.82, 2.24) is 0 Å². The highest BCUT2D eigenvalue weighted by atomic mass is 19.4. The molecule has 4 nitrogen and oxygen atoms in total. The number of nitrogens with one attached hydrogen (secondary N) is 1. The third-order valence-electron chi connectivity index (χ3n) is 3.42. The zero-order chi connectivity index (χ0) is 25.6. The number of rotatable bonds is 6. The minimum atomic E-state index is -7.42. The third kappa shape index (κ3) is 5.09. The Morgan fingerprint density at radius 1 is 0.812 bits per heavy atom. The lowest BCUT2D eigenvalue weighted by molar-refractivity contribution is -0.472. The Morgan fingerprint density at radius 2 is 1.31 bits per heavy atom. The number of carbonyl (C=O) groups is 1. The highest BCUT2D eigenvalue weighted by molar-refractivity contribution is 5.98. The van der Waals surface area contributed by atoms with Crippen molar-refractivity contribution in [3.8, 4) is 5.75 Å². The predicted octanol–water partition coefficient (Wildman–Crippen LogP) is 5.69. The van der Waals surface area contributed by atoms with E-state index in [2.05, 4.69) is 4.74 Å². The van der Waals surface area contributed by atoms with Crippen LogP contribution in [-0.4, -0.2) is 43.3 Å². The van der Waals surface area contributed by atoms with Crippen molar-refractivity contribution < 1.29 is 75.7 Å². The molecule has 18 heteroatoms. The molecule has 1 rings (SSSR count). The molecule has 1 aromatic rings. The van der Waals surface area contributed by atoms with Crippen LogP contribution in [0.2, 0.25) is 0 Å². The molecular weight excluding hydrogens is 496 g/mol. The van der Waals surface area contributed by atoms with Gasteiger partial charge in [0.2, 0.25) is 0 Å². The van der Waals surface area contributed by atoms with Crippen LogP contribution in [0.25, 0.3) is 0 Å². The first-order valence-corrected chi connectivity index (χ1v) is 7.36. The van der Waals surface area contributed by atoms with Crippen molar-refractivity contribution in [3.05, 3.63) is 23.8 Å². The fourth-order valence-corrected chi connectivity index (χ4v) is 1.82. The number of anilines is 1. The van der Waals surface area contributed by atoms with Crippen LogP contribution in [-0.2, 0) is 15.7 Å². The summed E-state index contributed by atoms with van der Waals surface area (Å²) in [6.45, 7) is 0. The van der Waals surface area contributed by atoms with E-state index >= 15 is 0 Å². The molecule has 0 bridgehead atoms. The van der Waals surface area contributed by atoms with E-state index in [4.69, 9.17) is 0 Å². The number of ether oxygens (including phenoxy) is 2. The van der Waals surface area contributed by atoms with Gasteiger partial charge in [-0.25, -0.2) is 0 Å². The van der Waals surface area contributed by atoms with E-state index in [9.17, 15) is 66.3 Å². The smallest absolute Gasteiger partial charge is 0.462 e. The molecule has 0 radical (unpaired) electrons. The molecule has 1 amide bonds. The Hall–Kier alpha value is -2.53. The molecule has 0 aliphatic rings. The second-order valence-corrected chi connectivity index (χ2v) is 5.65. The first-order valence-electron chi connectivity index (χ1n) is 7.36. The van der Waals surface area contributed by atoms with Crippen LogP contribution >= 0.6 is 0 Å². The van der Waals surface area contributed by atoms with Crippen molar-refractivity contribution in [2.75, 3.05) is 12.4 Å². The Morgan fingerprint density at radius 3 is 1.69 bits per heavy atom. The molecule has 184 valence electrons. The van der Waals surface area contributed by atoms with Crippen LogP contribution in [0.4, 0.5) is 67.2 Å². The average molecular weight is 503 g/mol. The maximum absolute atomic E-state index is 14.2. The summed E-state index contributed by atoms with van der Waals surface area (Å²) in [7, 11) is 0.680. The monoisotopic (exact) mass is 503 g/mol. The van der Waals surface area contributed by atoms with Gasteiger partial charge in [-0.3, -0.25) is 9.53 Å². The maximum atomic E-state index is 14.2. The summed E-state index contributed by atoms with van der Waals surface area (Å²) in [5.74, 6) is -18.4. The van der Waals surface area contributed by atoms with Gasteiger partial charge in [-0.2, -0.15) is 61.5 Å². The summed E-state index contributed by atoms with van der Waals surface area (Å²) < 4.78 is 186. The van der Waals surface area contributed by atoms with Gasteiger partial charge < -0.3 is 10.1 Å². The molecule has 0 saturated carbocycles. The summed E-state index contributed by atoms with van der Waals surface area (Å²) in [5.41, 5.74) is -3.15. The lowest BCUT2D eigenvalue weighted by Gasteiger charge is -2.34. The minimum absolute atomic E-state index is 0.171. The number of hydrogen-bond donors (Lipinski definition) is 1. The number of amides is 1. The molecule has 1 atom stereocenters. The standard InChI is InChI=1S/C14H7F14NO3/c1-31-7-3-2-5(10(16,17)18)4-6(7)29-8(30)9(15,12(21,22)23)32-14(27,28)11(19,20)13(24,25)26/h2-4H,1H3,(H,29,30). The van der Waals surface area contributed by atoms with Crippen molar-refractivity contribution in [1.29, 1.82) is 0 Å². The number of hydrogen-bond acceptors (Lipinski definition) is 3. The number of halogens is 14. The maximum Gasteiger partial charge on any atom is 0.462 e. The largest absolute Gasteiger partial charge is 0.495 e. The molecule has 1 aromatic carbocycles. The van der Waals surface area contributed by atoms with Gasteiger partial charge in [-0.15, -0.1) is 0 Å². The fourth-order valence-electron chi connectivity index (χ4n) is 1.82. The van der Waals surface area contributed by atoms with Crippen LogP contribution < -0.4 is 10.1 Å². The van der Waals surface area contributed by atoms with Crippen LogP contribution in [0.5, 0.6) is 5.75 Å². The van der Waals surface area contributed by atoms with Crippen molar-refractivity contribution in [2.45, 2.75) is 36.4 Å². The molecule has 1 unspecified atom stereocenters. The van der Waals surface area contributed by atoms with Crippen molar-refractivity contribution in [3.63, 3.8) is 0 Å². The quantitative estimate of drug-likeness (QED) is 0.508. The van der Waals surface area contributed by atoms with E-state index in [1.807, 2.05) is 4.74 Å². The Balaban J connectivity index is 3.49. The molecule has 1 N–H and O–H groups in total. The Labute approximate surface area is 167 Å². The zero-order valence-corrected chi connectivity index (χ0v) is 14.7.